The van der Waals surface area contributed by atoms with Gasteiger partial charge in [-0.2, -0.15) is 0 Å². The number of aryl methyl sites for hydroxylation is 2. The molecule has 2 N–H and O–H groups in total. The molecule has 0 heterocycles. The van der Waals surface area contributed by atoms with Crippen molar-refractivity contribution in [3.8, 4) is 0 Å². The molecule has 0 saturated heterocycles. The van der Waals surface area contributed by atoms with Crippen LogP contribution in [0.25, 0.3) is 0 Å². The Bertz CT molecular complexity index is 367. The van der Waals surface area contributed by atoms with Crippen LogP contribution in [0, 0.1) is 13.8 Å². The topological polar surface area (TPSA) is 32.5 Å². The Morgan fingerprint density at radius 2 is 1.58 bits per heavy atom. The fourth-order valence-electron chi connectivity index (χ4n) is 2.56. The number of nitrogens with two attached hydrogens (primary N) is 1. The second-order valence-corrected chi connectivity index (χ2v) is 5.81. The molecule has 0 saturated carbocycles. The van der Waals surface area contributed by atoms with E-state index >= 15 is 0 Å². The maximum absolute atomic E-state index is 5.99. The summed E-state index contributed by atoms with van der Waals surface area (Å²) in [5.41, 5.74) is 9.96. The minimum Gasteiger partial charge on any atom is -0.329 e. The molecule has 0 spiro atoms. The average molecular weight is 263 g/mol. The number of rotatable bonds is 7. The van der Waals surface area contributed by atoms with Crippen molar-refractivity contribution >= 4 is 0 Å². The summed E-state index contributed by atoms with van der Waals surface area (Å²) in [6.07, 6.45) is 1.17. The highest BCUT2D eigenvalue weighted by Gasteiger charge is 2.15. The predicted octanol–water partition coefficient (Wildman–Crippen LogP) is 2.19. The van der Waals surface area contributed by atoms with Crippen molar-refractivity contribution in [1.29, 1.82) is 0 Å². The van der Waals surface area contributed by atoms with Crippen LogP contribution in [0.3, 0.4) is 0 Å². The molecular formula is C16H29N3. The second kappa shape index (κ2) is 7.63. The zero-order valence-corrected chi connectivity index (χ0v) is 13.1. The van der Waals surface area contributed by atoms with Crippen LogP contribution in [0.5, 0.6) is 0 Å². The van der Waals surface area contributed by atoms with Gasteiger partial charge in [-0.05, 0) is 60.1 Å². The molecule has 0 amide bonds. The number of likely N-dealkylation sites (N-methyl/N-ethyl adjacent to an activating group) is 1. The lowest BCUT2D eigenvalue weighted by Gasteiger charge is -2.28. The van der Waals surface area contributed by atoms with Crippen molar-refractivity contribution in [3.05, 3.63) is 34.9 Å². The Balaban J connectivity index is 2.70. The van der Waals surface area contributed by atoms with Crippen molar-refractivity contribution in [2.75, 3.05) is 40.8 Å². The van der Waals surface area contributed by atoms with Crippen LogP contribution in [0.1, 0.15) is 29.2 Å². The molecule has 3 heteroatoms. The van der Waals surface area contributed by atoms with Gasteiger partial charge in [-0.25, -0.2) is 0 Å². The summed E-state index contributed by atoms with van der Waals surface area (Å²) in [5, 5.41) is 0. The predicted molar refractivity (Wildman–Crippen MR) is 83.5 cm³/mol. The Morgan fingerprint density at radius 1 is 1.00 bits per heavy atom. The molecule has 0 fully saturated rings. The molecule has 1 aromatic rings. The normalized spacial score (nSPS) is 13.3. The quantitative estimate of drug-likeness (QED) is 0.818. The Kier molecular flexibility index (Phi) is 6.49. The van der Waals surface area contributed by atoms with Crippen LogP contribution in [-0.4, -0.2) is 50.6 Å². The summed E-state index contributed by atoms with van der Waals surface area (Å²) in [6, 6.07) is 7.05. The third-order valence-electron chi connectivity index (χ3n) is 3.50. The molecule has 1 rings (SSSR count). The largest absolute Gasteiger partial charge is 0.329 e. The molecule has 0 aliphatic rings. The van der Waals surface area contributed by atoms with E-state index in [0.29, 0.717) is 12.6 Å². The van der Waals surface area contributed by atoms with E-state index in [2.05, 4.69) is 63.0 Å². The van der Waals surface area contributed by atoms with E-state index in [9.17, 15) is 0 Å². The number of hydrogen-bond donors (Lipinski definition) is 1. The van der Waals surface area contributed by atoms with E-state index in [4.69, 9.17) is 5.73 Å². The zero-order valence-electron chi connectivity index (χ0n) is 13.1. The molecule has 0 aliphatic heterocycles. The fourth-order valence-corrected chi connectivity index (χ4v) is 2.56. The van der Waals surface area contributed by atoms with Crippen LogP contribution in [-0.2, 0) is 0 Å². The first-order chi connectivity index (χ1) is 8.93. The zero-order chi connectivity index (χ0) is 14.4. The first-order valence-corrected chi connectivity index (χ1v) is 7.07. The maximum Gasteiger partial charge on any atom is 0.0467 e. The van der Waals surface area contributed by atoms with E-state index in [1.165, 1.54) is 23.1 Å². The van der Waals surface area contributed by atoms with Gasteiger partial charge >= 0.3 is 0 Å². The van der Waals surface area contributed by atoms with Gasteiger partial charge in [0, 0.05) is 12.6 Å². The van der Waals surface area contributed by atoms with Gasteiger partial charge in [0.05, 0.1) is 0 Å². The molecule has 0 aromatic heterocycles. The lowest BCUT2D eigenvalue weighted by molar-refractivity contribution is 0.235. The standard InChI is InChI=1S/C16H29N3/c1-13-9-14(2)11-15(10-13)16(12-17)19(5)8-6-7-18(3)4/h9-11,16H,6-8,12,17H2,1-5H3. The number of nitrogens with zero attached hydrogens (tertiary/aromatic N) is 2. The molecule has 3 nitrogen and oxygen atoms in total. The SMILES string of the molecule is Cc1cc(C)cc(C(CN)N(C)CCCN(C)C)c1. The summed E-state index contributed by atoms with van der Waals surface area (Å²) in [6.45, 7) is 7.16. The Morgan fingerprint density at radius 3 is 2.05 bits per heavy atom. The first kappa shape index (κ1) is 16.2. The van der Waals surface area contributed by atoms with E-state index in [-0.39, 0.29) is 0 Å². The van der Waals surface area contributed by atoms with Crippen molar-refractivity contribution in [2.45, 2.75) is 26.3 Å². The molecule has 1 aromatic carbocycles. The third-order valence-corrected chi connectivity index (χ3v) is 3.50. The molecular weight excluding hydrogens is 234 g/mol. The number of hydrogen-bond acceptors (Lipinski definition) is 3. The lowest BCUT2D eigenvalue weighted by Crippen LogP contribution is -2.32. The van der Waals surface area contributed by atoms with Crippen molar-refractivity contribution in [3.63, 3.8) is 0 Å². The fraction of sp³-hybridized carbons (Fsp3) is 0.625. The van der Waals surface area contributed by atoms with Crippen molar-refractivity contribution in [2.24, 2.45) is 5.73 Å². The summed E-state index contributed by atoms with van der Waals surface area (Å²) < 4.78 is 0. The van der Waals surface area contributed by atoms with Gasteiger partial charge in [-0.3, -0.25) is 4.90 Å². The lowest BCUT2D eigenvalue weighted by atomic mass is 10.0. The smallest absolute Gasteiger partial charge is 0.0467 e. The van der Waals surface area contributed by atoms with Crippen molar-refractivity contribution < 1.29 is 0 Å². The molecule has 108 valence electrons. The van der Waals surface area contributed by atoms with Gasteiger partial charge in [0.15, 0.2) is 0 Å². The van der Waals surface area contributed by atoms with Crippen LogP contribution in [0.2, 0.25) is 0 Å². The summed E-state index contributed by atoms with van der Waals surface area (Å²) in [5.74, 6) is 0. The highest BCUT2D eigenvalue weighted by Crippen LogP contribution is 2.21. The highest BCUT2D eigenvalue weighted by molar-refractivity contribution is 5.30. The maximum atomic E-state index is 5.99. The van der Waals surface area contributed by atoms with E-state index < -0.39 is 0 Å². The van der Waals surface area contributed by atoms with Crippen LogP contribution >= 0.6 is 0 Å². The van der Waals surface area contributed by atoms with Gasteiger partial charge in [0.1, 0.15) is 0 Å². The molecule has 0 bridgehead atoms. The van der Waals surface area contributed by atoms with Crippen LogP contribution in [0.15, 0.2) is 18.2 Å². The van der Waals surface area contributed by atoms with Gasteiger partial charge in [0.2, 0.25) is 0 Å². The minimum atomic E-state index is 0.320. The molecule has 1 atom stereocenters. The third kappa shape index (κ3) is 5.31. The first-order valence-electron chi connectivity index (χ1n) is 7.07. The summed E-state index contributed by atoms with van der Waals surface area (Å²) in [7, 11) is 6.40. The van der Waals surface area contributed by atoms with Crippen LogP contribution in [0.4, 0.5) is 0 Å². The Hall–Kier alpha value is -0.900. The molecule has 19 heavy (non-hydrogen) atoms. The van der Waals surface area contributed by atoms with Crippen LogP contribution < -0.4 is 5.73 Å². The Labute approximate surface area is 118 Å². The van der Waals surface area contributed by atoms with Gasteiger partial charge in [-0.15, -0.1) is 0 Å². The summed E-state index contributed by atoms with van der Waals surface area (Å²) >= 11 is 0. The van der Waals surface area contributed by atoms with Gasteiger partial charge in [0.25, 0.3) is 0 Å². The summed E-state index contributed by atoms with van der Waals surface area (Å²) in [4.78, 5) is 4.60. The molecule has 0 radical (unpaired) electrons. The van der Waals surface area contributed by atoms with Gasteiger partial charge in [-0.1, -0.05) is 29.3 Å². The average Bonchev–Trinajstić information content (AvgIpc) is 2.27. The molecule has 0 aliphatic carbocycles. The minimum absolute atomic E-state index is 0.320. The number of benzene rings is 1. The molecule has 1 unspecified atom stereocenters. The van der Waals surface area contributed by atoms with E-state index in [1.807, 2.05) is 0 Å². The second-order valence-electron chi connectivity index (χ2n) is 5.81. The van der Waals surface area contributed by atoms with Crippen molar-refractivity contribution in [1.82, 2.24) is 9.80 Å². The van der Waals surface area contributed by atoms with Gasteiger partial charge < -0.3 is 10.6 Å². The van der Waals surface area contributed by atoms with E-state index in [0.717, 1.165) is 13.1 Å². The highest BCUT2D eigenvalue weighted by atomic mass is 15.1. The van der Waals surface area contributed by atoms with E-state index in [1.54, 1.807) is 0 Å². The monoisotopic (exact) mass is 263 g/mol.